The molecule has 41 valence electrons. The van der Waals surface area contributed by atoms with Crippen molar-refractivity contribution in [2.75, 3.05) is 0 Å². The van der Waals surface area contributed by atoms with E-state index in [1.54, 1.807) is 0 Å². The Kier molecular flexibility index (Phi) is 54.0. The van der Waals surface area contributed by atoms with Gasteiger partial charge in [0, 0.05) is 49.4 Å². The summed E-state index contributed by atoms with van der Waals surface area (Å²) in [5, 5.41) is 0. The number of hydrogen-bond donors (Lipinski definition) is 2. The van der Waals surface area contributed by atoms with E-state index in [1.807, 2.05) is 0 Å². The zero-order valence-electron chi connectivity index (χ0n) is 7.50. The molecule has 0 aromatic heterocycles. The van der Waals surface area contributed by atoms with Crippen LogP contribution in [0.15, 0.2) is 0 Å². The van der Waals surface area contributed by atoms with E-state index >= 15 is 0 Å². The monoisotopic (exact) mass is 367 g/mol. The van der Waals surface area contributed by atoms with E-state index in [0.29, 0.717) is 0 Å². The first-order chi connectivity index (χ1) is 1.73. The van der Waals surface area contributed by atoms with Crippen LogP contribution in [0.2, 0.25) is 0 Å². The van der Waals surface area contributed by atoms with Crippen LogP contribution in [-0.2, 0) is 11.4 Å². The largest absolute Gasteiger partial charge is 2.00 e. The van der Waals surface area contributed by atoms with Crippen molar-refractivity contribution < 1.29 is 68.4 Å². The zero-order valence-corrected chi connectivity index (χ0v) is 12.4. The van der Waals surface area contributed by atoms with Gasteiger partial charge in [0.1, 0.15) is 0 Å². The molecule has 2 N–H and O–H groups in total. The van der Waals surface area contributed by atoms with Crippen LogP contribution in [0.25, 0.3) is 0 Å². The summed E-state index contributed by atoms with van der Waals surface area (Å²) in [6.45, 7) is 0. The number of hydrogen-bond acceptors (Lipinski definition) is 1. The summed E-state index contributed by atoms with van der Waals surface area (Å²) < 4.78 is 22.8. The van der Waals surface area contributed by atoms with Crippen LogP contribution in [0.5, 0.6) is 0 Å². The standard InChI is InChI=1S/Ca.Eu.H2O3S.Sr.4H/c;;1-4(2)3;;;;;/h;;(H2,1,2,3);;;;;/q+2;;;+2;4*-1. The summed E-state index contributed by atoms with van der Waals surface area (Å²) in [7, 11) is 0. The SMILES string of the molecule is O=S(O)O.[Ca+2].[Eu].[H-].[H-].[H-].[H-].[Sr+2]. The van der Waals surface area contributed by atoms with Crippen LogP contribution in [0.4, 0.5) is 0 Å². The first kappa shape index (κ1) is 22.5. The van der Waals surface area contributed by atoms with E-state index in [2.05, 4.69) is 0 Å². The van der Waals surface area contributed by atoms with Gasteiger partial charge in [0.25, 0.3) is 11.4 Å². The summed E-state index contributed by atoms with van der Waals surface area (Å²) in [5.74, 6) is 0. The van der Waals surface area contributed by atoms with Gasteiger partial charge in [-0.15, -0.1) is 0 Å². The third-order valence-electron chi connectivity index (χ3n) is 0. The third kappa shape index (κ3) is 37.9. The molecule has 0 aromatic rings. The Hall–Kier alpha value is 4.39. The minimum Gasteiger partial charge on any atom is -1.00 e. The van der Waals surface area contributed by atoms with Crippen LogP contribution in [0, 0.1) is 49.4 Å². The fourth-order valence-corrected chi connectivity index (χ4v) is 0. The van der Waals surface area contributed by atoms with E-state index in [1.165, 1.54) is 0 Å². The fraction of sp³-hybridized carbons (Fsp3) is 0. The van der Waals surface area contributed by atoms with Crippen molar-refractivity contribution in [3.63, 3.8) is 0 Å². The van der Waals surface area contributed by atoms with Gasteiger partial charge in [-0.1, -0.05) is 0 Å². The van der Waals surface area contributed by atoms with Crippen molar-refractivity contribution in [3.05, 3.63) is 0 Å². The van der Waals surface area contributed by atoms with Gasteiger partial charge in [-0.25, -0.2) is 0 Å². The Balaban J connectivity index is -0.00000000214. The predicted molar refractivity (Wildman–Crippen MR) is 29.4 cm³/mol. The van der Waals surface area contributed by atoms with Crippen molar-refractivity contribution in [2.24, 2.45) is 0 Å². The summed E-state index contributed by atoms with van der Waals surface area (Å²) in [6, 6.07) is 0. The Morgan fingerprint density at radius 2 is 1.43 bits per heavy atom. The fourth-order valence-electron chi connectivity index (χ4n) is 0. The number of rotatable bonds is 0. The van der Waals surface area contributed by atoms with Crippen LogP contribution < -0.4 is 0 Å². The molecule has 0 rings (SSSR count). The molecule has 0 unspecified atom stereocenters. The van der Waals surface area contributed by atoms with Crippen molar-refractivity contribution in [2.45, 2.75) is 0 Å². The van der Waals surface area contributed by atoms with E-state index in [0.717, 1.165) is 0 Å². The molecule has 0 amide bonds. The van der Waals surface area contributed by atoms with Gasteiger partial charge < -0.3 is 5.71 Å². The molecule has 0 spiro atoms. The molecular formula is H6CaEuO3SSr. The molecule has 0 saturated carbocycles. The summed E-state index contributed by atoms with van der Waals surface area (Å²) in [4.78, 5) is 0. The Morgan fingerprint density at radius 1 is 1.43 bits per heavy atom. The minimum atomic E-state index is -2.61. The molecule has 7 heavy (non-hydrogen) atoms. The average Bonchev–Trinajstić information content (AvgIpc) is 0.811. The zero-order chi connectivity index (χ0) is 3.58. The second-order valence-corrected chi connectivity index (χ2v) is 0.692. The Morgan fingerprint density at radius 3 is 1.43 bits per heavy atom. The molecule has 0 fully saturated rings. The quantitative estimate of drug-likeness (QED) is 0.444. The summed E-state index contributed by atoms with van der Waals surface area (Å²) in [5.41, 5.74) is 0. The topological polar surface area (TPSA) is 57.5 Å². The van der Waals surface area contributed by atoms with Crippen LogP contribution in [0.3, 0.4) is 0 Å². The molecule has 3 nitrogen and oxygen atoms in total. The maximum absolute atomic E-state index is 8.67. The minimum absolute atomic E-state index is 0. The van der Waals surface area contributed by atoms with Crippen molar-refractivity contribution in [1.29, 1.82) is 0 Å². The molecule has 0 aliphatic heterocycles. The van der Waals surface area contributed by atoms with Crippen LogP contribution >= 0.6 is 0 Å². The van der Waals surface area contributed by atoms with E-state index < -0.39 is 11.4 Å². The van der Waals surface area contributed by atoms with Gasteiger partial charge in [0.15, 0.2) is 0 Å². The van der Waals surface area contributed by atoms with E-state index in [9.17, 15) is 0 Å². The maximum atomic E-state index is 8.67. The summed E-state index contributed by atoms with van der Waals surface area (Å²) >= 11 is -2.61. The van der Waals surface area contributed by atoms with Gasteiger partial charge in [0.2, 0.25) is 0 Å². The normalized spacial score (nSPS) is 5.00. The van der Waals surface area contributed by atoms with Gasteiger partial charge >= 0.3 is 83.2 Å². The second kappa shape index (κ2) is 16.8. The van der Waals surface area contributed by atoms with E-state index in [-0.39, 0.29) is 138 Å². The molecule has 0 bridgehead atoms. The van der Waals surface area contributed by atoms with Crippen molar-refractivity contribution in [3.8, 4) is 0 Å². The molecule has 0 aromatic carbocycles. The van der Waals surface area contributed by atoms with Crippen LogP contribution in [0.1, 0.15) is 5.71 Å². The first-order valence-electron chi connectivity index (χ1n) is 0.532. The van der Waals surface area contributed by atoms with Crippen LogP contribution in [-0.4, -0.2) is 96.5 Å². The van der Waals surface area contributed by atoms with Gasteiger partial charge in [-0.3, -0.25) is 9.11 Å². The summed E-state index contributed by atoms with van der Waals surface area (Å²) in [6.07, 6.45) is 0. The molecule has 0 atom stereocenters. The molecule has 0 aliphatic rings. The van der Waals surface area contributed by atoms with Gasteiger partial charge in [-0.2, -0.15) is 4.21 Å². The molecule has 0 saturated heterocycles. The van der Waals surface area contributed by atoms with Crippen molar-refractivity contribution in [1.82, 2.24) is 0 Å². The Labute approximate surface area is 158 Å². The smallest absolute Gasteiger partial charge is 1.00 e. The van der Waals surface area contributed by atoms with E-state index in [4.69, 9.17) is 13.3 Å². The third-order valence-corrected chi connectivity index (χ3v) is 0. The predicted octanol–water partition coefficient (Wildman–Crippen LogP) is -0.630. The van der Waals surface area contributed by atoms with Gasteiger partial charge in [0.05, 0.1) is 0 Å². The average molecular weight is 366 g/mol. The molecule has 7 heteroatoms. The van der Waals surface area contributed by atoms with Crippen molar-refractivity contribution >= 4 is 94.6 Å². The van der Waals surface area contributed by atoms with Gasteiger partial charge in [-0.05, 0) is 0 Å². The molecular weight excluding hydrogens is 360 g/mol. The Bertz CT molecular complexity index is 48.3. The maximum Gasteiger partial charge on any atom is 2.00 e. The molecule has 0 aliphatic carbocycles. The first-order valence-corrected chi connectivity index (χ1v) is 1.60. The molecule has 0 heterocycles. The second-order valence-electron chi connectivity index (χ2n) is 0.231. The molecule has 1 radical (unpaired) electrons.